The molecule has 0 fully saturated rings. The average molecular weight is 278 g/mol. The van der Waals surface area contributed by atoms with E-state index in [-0.39, 0.29) is 24.4 Å². The van der Waals surface area contributed by atoms with E-state index in [0.717, 1.165) is 0 Å². The Morgan fingerprint density at radius 1 is 0.895 bits per heavy atom. The fourth-order valence-electron chi connectivity index (χ4n) is 0.231. The monoisotopic (exact) mass is 278 g/mol. The molecule has 0 radical (unpaired) electrons. The van der Waals surface area contributed by atoms with Gasteiger partial charge in [0.2, 0.25) is 0 Å². The molecule has 0 aromatic rings. The number of carbonyl (C=O) groups is 2. The van der Waals surface area contributed by atoms with Gasteiger partial charge in [0.05, 0.1) is 26.4 Å². The molecule has 7 heteroatoms. The van der Waals surface area contributed by atoms with Crippen molar-refractivity contribution in [3.8, 4) is 0 Å². The van der Waals surface area contributed by atoms with E-state index < -0.39 is 11.9 Å². The highest BCUT2D eigenvalue weighted by Crippen LogP contribution is 1.81. The lowest BCUT2D eigenvalue weighted by molar-refractivity contribution is -0.133. The maximum atomic E-state index is 9.60. The molecular weight excluding hydrogens is 256 g/mol. The molecule has 0 heterocycles. The van der Waals surface area contributed by atoms with Crippen LogP contribution in [0.2, 0.25) is 0 Å². The molecule has 4 N–H and O–H groups in total. The molecule has 112 valence electrons. The van der Waals surface area contributed by atoms with Crippen molar-refractivity contribution < 1.29 is 34.8 Å². The average Bonchev–Trinajstić information content (AvgIpc) is 2.31. The maximum absolute atomic E-state index is 9.60. The summed E-state index contributed by atoms with van der Waals surface area (Å²) in [4.78, 5) is 19.2. The summed E-state index contributed by atoms with van der Waals surface area (Å²) in [5.74, 6) is -1.87. The Kier molecular flexibility index (Phi) is 19.3. The second kappa shape index (κ2) is 16.3. The van der Waals surface area contributed by atoms with Crippen LogP contribution < -0.4 is 0 Å². The largest absolute Gasteiger partial charge is 0.478 e. The molecule has 0 spiro atoms. The fourth-order valence-corrected chi connectivity index (χ4v) is 0.231. The molecule has 0 atom stereocenters. The summed E-state index contributed by atoms with van der Waals surface area (Å²) in [7, 11) is 0. The first kappa shape index (κ1) is 22.5. The van der Waals surface area contributed by atoms with Crippen molar-refractivity contribution in [1.82, 2.24) is 0 Å². The van der Waals surface area contributed by atoms with Gasteiger partial charge in [0.25, 0.3) is 0 Å². The Morgan fingerprint density at radius 3 is 1.21 bits per heavy atom. The number of ether oxygens (including phenoxy) is 1. The highest BCUT2D eigenvalue weighted by Gasteiger charge is 1.90. The predicted molar refractivity (Wildman–Crippen MR) is 69.9 cm³/mol. The second-order valence-electron chi connectivity index (χ2n) is 3.23. The summed E-state index contributed by atoms with van der Waals surface area (Å²) >= 11 is 0. The topological polar surface area (TPSA) is 124 Å². The number of aliphatic hydroxyl groups excluding tert-OH is 2. The van der Waals surface area contributed by atoms with Crippen LogP contribution in [0.1, 0.15) is 13.8 Å². The minimum atomic E-state index is -0.935. The molecule has 0 amide bonds. The van der Waals surface area contributed by atoms with Crippen LogP contribution in [-0.2, 0) is 14.3 Å². The third-order valence-electron chi connectivity index (χ3n) is 1.20. The number of carboxylic acid groups (broad SMARTS) is 2. The molecule has 0 aromatic carbocycles. The van der Waals surface area contributed by atoms with Crippen molar-refractivity contribution in [1.29, 1.82) is 0 Å². The molecule has 0 bridgehead atoms. The molecule has 0 aliphatic carbocycles. The van der Waals surface area contributed by atoms with E-state index in [1.807, 2.05) is 0 Å². The highest BCUT2D eigenvalue weighted by atomic mass is 16.5. The Bertz CT molecular complexity index is 232. The van der Waals surface area contributed by atoms with Gasteiger partial charge in [-0.2, -0.15) is 0 Å². The van der Waals surface area contributed by atoms with Crippen LogP contribution in [-0.4, -0.2) is 58.8 Å². The zero-order valence-electron chi connectivity index (χ0n) is 11.3. The van der Waals surface area contributed by atoms with E-state index in [1.165, 1.54) is 13.8 Å². The van der Waals surface area contributed by atoms with Gasteiger partial charge in [0.1, 0.15) is 0 Å². The first-order valence-corrected chi connectivity index (χ1v) is 5.27. The number of carboxylic acids is 2. The lowest BCUT2D eigenvalue weighted by Crippen LogP contribution is -2.03. The van der Waals surface area contributed by atoms with Crippen LogP contribution in [0.4, 0.5) is 0 Å². The van der Waals surface area contributed by atoms with Gasteiger partial charge in [-0.25, -0.2) is 9.59 Å². The first-order valence-electron chi connectivity index (χ1n) is 5.27. The van der Waals surface area contributed by atoms with Crippen LogP contribution >= 0.6 is 0 Å². The molecule has 0 aromatic heterocycles. The van der Waals surface area contributed by atoms with E-state index in [2.05, 4.69) is 17.9 Å². The third kappa shape index (κ3) is 31.4. The second-order valence-corrected chi connectivity index (χ2v) is 3.23. The molecule has 0 aliphatic rings. The van der Waals surface area contributed by atoms with Crippen molar-refractivity contribution >= 4 is 11.9 Å². The zero-order chi connectivity index (χ0) is 15.8. The van der Waals surface area contributed by atoms with E-state index in [9.17, 15) is 9.59 Å². The molecule has 0 unspecified atom stereocenters. The normalized spacial score (nSPS) is 8.21. The number of rotatable bonds is 6. The number of aliphatic carboxylic acids is 2. The molecule has 19 heavy (non-hydrogen) atoms. The van der Waals surface area contributed by atoms with Gasteiger partial charge >= 0.3 is 11.9 Å². The van der Waals surface area contributed by atoms with Gasteiger partial charge in [0, 0.05) is 11.1 Å². The SMILES string of the molecule is C=C(C)C(=O)O.C=C(C)C(=O)O.OCCOCCO. The van der Waals surface area contributed by atoms with Gasteiger partial charge < -0.3 is 25.2 Å². The summed E-state index contributed by atoms with van der Waals surface area (Å²) in [6.07, 6.45) is 0. The molecule has 0 rings (SSSR count). The van der Waals surface area contributed by atoms with Gasteiger partial charge in [-0.15, -0.1) is 0 Å². The maximum Gasteiger partial charge on any atom is 0.330 e. The van der Waals surface area contributed by atoms with Crippen LogP contribution in [0.3, 0.4) is 0 Å². The first-order chi connectivity index (χ1) is 8.70. The number of hydrogen-bond donors (Lipinski definition) is 4. The summed E-state index contributed by atoms with van der Waals surface area (Å²) in [6.45, 7) is 9.90. The van der Waals surface area contributed by atoms with Crippen molar-refractivity contribution in [3.63, 3.8) is 0 Å². The smallest absolute Gasteiger partial charge is 0.330 e. The minimum Gasteiger partial charge on any atom is -0.478 e. The van der Waals surface area contributed by atoms with Gasteiger partial charge in [-0.3, -0.25) is 0 Å². The molecule has 0 aliphatic heterocycles. The lowest BCUT2D eigenvalue weighted by atomic mass is 10.4. The van der Waals surface area contributed by atoms with Crippen LogP contribution in [0, 0.1) is 0 Å². The van der Waals surface area contributed by atoms with Crippen molar-refractivity contribution in [2.24, 2.45) is 0 Å². The van der Waals surface area contributed by atoms with E-state index >= 15 is 0 Å². The standard InChI is InChI=1S/C4H10O3.2C4H6O2/c5-1-3-7-4-2-6;2*1-3(2)4(5)6/h5-6H,1-4H2;2*1H2,2H3,(H,5,6). The van der Waals surface area contributed by atoms with Crippen LogP contribution in [0.5, 0.6) is 0 Å². The molecule has 0 saturated carbocycles. The van der Waals surface area contributed by atoms with Gasteiger partial charge in [0.15, 0.2) is 0 Å². The molecular formula is C12H22O7. The van der Waals surface area contributed by atoms with Gasteiger partial charge in [-0.05, 0) is 13.8 Å². The summed E-state index contributed by atoms with van der Waals surface area (Å²) in [6, 6.07) is 0. The van der Waals surface area contributed by atoms with Crippen molar-refractivity contribution in [2.45, 2.75) is 13.8 Å². The quantitative estimate of drug-likeness (QED) is 0.406. The van der Waals surface area contributed by atoms with E-state index in [1.54, 1.807) is 0 Å². The number of aliphatic hydroxyl groups is 2. The Hall–Kier alpha value is -1.70. The zero-order valence-corrected chi connectivity index (χ0v) is 11.3. The minimum absolute atomic E-state index is 0.0278. The van der Waals surface area contributed by atoms with Crippen LogP contribution in [0.15, 0.2) is 24.3 Å². The molecule has 7 nitrogen and oxygen atoms in total. The van der Waals surface area contributed by atoms with Gasteiger partial charge in [-0.1, -0.05) is 13.2 Å². The van der Waals surface area contributed by atoms with E-state index in [0.29, 0.717) is 13.2 Å². The Labute approximate surface area is 112 Å². The Balaban J connectivity index is -0.000000203. The summed E-state index contributed by atoms with van der Waals surface area (Å²) in [5, 5.41) is 32.0. The third-order valence-corrected chi connectivity index (χ3v) is 1.20. The fraction of sp³-hybridized carbons (Fsp3) is 0.500. The van der Waals surface area contributed by atoms with Crippen molar-refractivity contribution in [2.75, 3.05) is 26.4 Å². The summed E-state index contributed by atoms with van der Waals surface area (Å²) in [5.41, 5.74) is 0.352. The lowest BCUT2D eigenvalue weighted by Gasteiger charge is -1.94. The summed E-state index contributed by atoms with van der Waals surface area (Å²) < 4.78 is 4.63. The van der Waals surface area contributed by atoms with E-state index in [4.69, 9.17) is 20.4 Å². The van der Waals surface area contributed by atoms with Crippen molar-refractivity contribution in [3.05, 3.63) is 24.3 Å². The van der Waals surface area contributed by atoms with Crippen LogP contribution in [0.25, 0.3) is 0 Å². The number of hydrogen-bond acceptors (Lipinski definition) is 5. The molecule has 0 saturated heterocycles. The Morgan fingerprint density at radius 2 is 1.11 bits per heavy atom. The predicted octanol–water partition coefficient (Wildman–Crippen LogP) is 0.282. The highest BCUT2D eigenvalue weighted by molar-refractivity contribution is 5.85.